The molecule has 0 heterocycles. The van der Waals surface area contributed by atoms with Gasteiger partial charge in [0, 0.05) is 31.5 Å². The maximum Gasteiger partial charge on any atom is 0.236 e. The second-order valence-electron chi connectivity index (χ2n) is 4.01. The maximum atomic E-state index is 11.5. The van der Waals surface area contributed by atoms with Crippen molar-refractivity contribution in [2.24, 2.45) is 5.73 Å². The summed E-state index contributed by atoms with van der Waals surface area (Å²) in [5.74, 6) is -0.0727. The number of hydrogen-bond acceptors (Lipinski definition) is 4. The summed E-state index contributed by atoms with van der Waals surface area (Å²) < 4.78 is 0. The van der Waals surface area contributed by atoms with Gasteiger partial charge in [0.2, 0.25) is 5.91 Å². The fraction of sp³-hybridized carbons (Fsp3) is 0.417. The first-order valence-electron chi connectivity index (χ1n) is 5.39. The molecule has 3 N–H and O–H groups in total. The minimum absolute atomic E-state index is 0.0727. The second-order valence-corrected chi connectivity index (χ2v) is 4.89. The van der Waals surface area contributed by atoms with Gasteiger partial charge >= 0.3 is 0 Å². The molecule has 94 valence electrons. The van der Waals surface area contributed by atoms with Crippen LogP contribution in [0.15, 0.2) is 29.2 Å². The minimum atomic E-state index is -0.258. The molecule has 1 unspecified atom stereocenters. The number of amides is 1. The van der Waals surface area contributed by atoms with Crippen molar-refractivity contribution >= 4 is 17.7 Å². The van der Waals surface area contributed by atoms with Gasteiger partial charge in [-0.05, 0) is 24.0 Å². The topological polar surface area (TPSA) is 58.4 Å². The van der Waals surface area contributed by atoms with Crippen molar-refractivity contribution < 1.29 is 4.79 Å². The quantitative estimate of drug-likeness (QED) is 0.615. The number of benzene rings is 1. The highest BCUT2D eigenvalue weighted by Crippen LogP contribution is 2.19. The van der Waals surface area contributed by atoms with Crippen molar-refractivity contribution in [3.63, 3.8) is 0 Å². The SMILES string of the molecule is CSc1ccc(C(N)CC(=O)NN(C)C)cc1. The standard InChI is InChI=1S/C12H19N3OS/c1-15(2)14-12(16)8-11(13)9-4-6-10(17-3)7-5-9/h4-7,11H,8,13H2,1-3H3,(H,14,16). The Morgan fingerprint density at radius 2 is 2.00 bits per heavy atom. The first-order chi connectivity index (χ1) is 8.02. The summed E-state index contributed by atoms with van der Waals surface area (Å²) in [5, 5.41) is 1.62. The normalized spacial score (nSPS) is 12.5. The Balaban J connectivity index is 2.56. The van der Waals surface area contributed by atoms with Crippen LogP contribution < -0.4 is 11.2 Å². The molecule has 0 radical (unpaired) electrons. The van der Waals surface area contributed by atoms with Crippen LogP contribution in [0, 0.1) is 0 Å². The van der Waals surface area contributed by atoms with Gasteiger partial charge in [-0.3, -0.25) is 10.2 Å². The van der Waals surface area contributed by atoms with Crippen molar-refractivity contribution in [1.82, 2.24) is 10.4 Å². The van der Waals surface area contributed by atoms with Gasteiger partial charge < -0.3 is 5.73 Å². The lowest BCUT2D eigenvalue weighted by atomic mass is 10.0. The molecule has 0 bridgehead atoms. The van der Waals surface area contributed by atoms with E-state index < -0.39 is 0 Å². The molecule has 1 rings (SSSR count). The van der Waals surface area contributed by atoms with Gasteiger partial charge in [-0.2, -0.15) is 0 Å². The fourth-order valence-electron chi connectivity index (χ4n) is 1.46. The van der Waals surface area contributed by atoms with Gasteiger partial charge in [0.25, 0.3) is 0 Å². The molecule has 17 heavy (non-hydrogen) atoms. The van der Waals surface area contributed by atoms with Gasteiger partial charge in [0.15, 0.2) is 0 Å². The predicted molar refractivity (Wildman–Crippen MR) is 71.6 cm³/mol. The number of hydrazine groups is 1. The highest BCUT2D eigenvalue weighted by atomic mass is 32.2. The third kappa shape index (κ3) is 4.77. The van der Waals surface area contributed by atoms with Crippen LogP contribution in [0.5, 0.6) is 0 Å². The zero-order valence-electron chi connectivity index (χ0n) is 10.4. The van der Waals surface area contributed by atoms with Crippen molar-refractivity contribution in [3.05, 3.63) is 29.8 Å². The molecule has 0 fully saturated rings. The smallest absolute Gasteiger partial charge is 0.236 e. The van der Waals surface area contributed by atoms with Gasteiger partial charge in [-0.25, -0.2) is 5.01 Å². The molecule has 0 aliphatic heterocycles. The molecule has 0 saturated heterocycles. The molecule has 0 aromatic heterocycles. The predicted octanol–water partition coefficient (Wildman–Crippen LogP) is 1.39. The van der Waals surface area contributed by atoms with Crippen molar-refractivity contribution in [2.75, 3.05) is 20.4 Å². The van der Waals surface area contributed by atoms with E-state index in [1.807, 2.05) is 30.5 Å². The molecule has 0 aliphatic rings. The number of carbonyl (C=O) groups excluding carboxylic acids is 1. The van der Waals surface area contributed by atoms with E-state index in [4.69, 9.17) is 5.73 Å². The van der Waals surface area contributed by atoms with Crippen LogP contribution in [0.4, 0.5) is 0 Å². The summed E-state index contributed by atoms with van der Waals surface area (Å²) in [5.41, 5.74) is 9.64. The lowest BCUT2D eigenvalue weighted by Gasteiger charge is -2.15. The van der Waals surface area contributed by atoms with E-state index in [-0.39, 0.29) is 18.4 Å². The highest BCUT2D eigenvalue weighted by molar-refractivity contribution is 7.98. The van der Waals surface area contributed by atoms with Gasteiger partial charge in [0.1, 0.15) is 0 Å². The zero-order chi connectivity index (χ0) is 12.8. The van der Waals surface area contributed by atoms with E-state index >= 15 is 0 Å². The summed E-state index contributed by atoms with van der Waals surface area (Å²) in [4.78, 5) is 12.7. The third-order valence-electron chi connectivity index (χ3n) is 2.30. The number of nitrogens with one attached hydrogen (secondary N) is 1. The molecule has 5 heteroatoms. The number of nitrogens with zero attached hydrogens (tertiary/aromatic N) is 1. The molecular weight excluding hydrogens is 234 g/mol. The Morgan fingerprint density at radius 1 is 1.41 bits per heavy atom. The number of nitrogens with two attached hydrogens (primary N) is 1. The van der Waals surface area contributed by atoms with Crippen LogP contribution in [-0.2, 0) is 4.79 Å². The average Bonchev–Trinajstić information content (AvgIpc) is 2.28. The molecule has 0 aliphatic carbocycles. The monoisotopic (exact) mass is 253 g/mol. The Bertz CT molecular complexity index is 365. The summed E-state index contributed by atoms with van der Waals surface area (Å²) >= 11 is 1.68. The van der Waals surface area contributed by atoms with Crippen LogP contribution >= 0.6 is 11.8 Å². The second kappa shape index (κ2) is 6.64. The van der Waals surface area contributed by atoms with E-state index in [1.54, 1.807) is 30.9 Å². The van der Waals surface area contributed by atoms with Crippen LogP contribution in [0.25, 0.3) is 0 Å². The van der Waals surface area contributed by atoms with Crippen LogP contribution in [-0.4, -0.2) is 31.3 Å². The summed E-state index contributed by atoms with van der Waals surface area (Å²) in [7, 11) is 3.55. The van der Waals surface area contributed by atoms with Crippen molar-refractivity contribution in [2.45, 2.75) is 17.4 Å². The summed E-state index contributed by atoms with van der Waals surface area (Å²) in [6, 6.07) is 7.72. The van der Waals surface area contributed by atoms with Gasteiger partial charge in [-0.1, -0.05) is 12.1 Å². The lowest BCUT2D eigenvalue weighted by Crippen LogP contribution is -2.37. The Morgan fingerprint density at radius 3 is 2.47 bits per heavy atom. The molecular formula is C12H19N3OS. The average molecular weight is 253 g/mol. The molecule has 0 saturated carbocycles. The Hall–Kier alpha value is -1.04. The summed E-state index contributed by atoms with van der Waals surface area (Å²) in [6.07, 6.45) is 2.32. The summed E-state index contributed by atoms with van der Waals surface area (Å²) in [6.45, 7) is 0. The van der Waals surface area contributed by atoms with Gasteiger partial charge in [0.05, 0.1) is 0 Å². The van der Waals surface area contributed by atoms with Crippen molar-refractivity contribution in [3.8, 4) is 0 Å². The van der Waals surface area contributed by atoms with E-state index in [2.05, 4.69) is 5.43 Å². The molecule has 1 amide bonds. The first kappa shape index (κ1) is 14.0. The van der Waals surface area contributed by atoms with Crippen LogP contribution in [0.3, 0.4) is 0 Å². The molecule has 1 atom stereocenters. The number of hydrogen-bond donors (Lipinski definition) is 2. The maximum absolute atomic E-state index is 11.5. The highest BCUT2D eigenvalue weighted by Gasteiger charge is 2.11. The van der Waals surface area contributed by atoms with E-state index in [0.29, 0.717) is 0 Å². The number of thioether (sulfide) groups is 1. The van der Waals surface area contributed by atoms with E-state index in [1.165, 1.54) is 4.90 Å². The molecule has 4 nitrogen and oxygen atoms in total. The molecule has 1 aromatic rings. The Kier molecular flexibility index (Phi) is 5.47. The molecule has 0 spiro atoms. The van der Waals surface area contributed by atoms with E-state index in [0.717, 1.165) is 5.56 Å². The molecule has 1 aromatic carbocycles. The number of carbonyl (C=O) groups is 1. The van der Waals surface area contributed by atoms with Crippen LogP contribution in [0.2, 0.25) is 0 Å². The van der Waals surface area contributed by atoms with Crippen LogP contribution in [0.1, 0.15) is 18.0 Å². The van der Waals surface area contributed by atoms with Crippen molar-refractivity contribution in [1.29, 1.82) is 0 Å². The number of rotatable bonds is 5. The Labute approximate surface area is 107 Å². The minimum Gasteiger partial charge on any atom is -0.324 e. The first-order valence-corrected chi connectivity index (χ1v) is 6.61. The van der Waals surface area contributed by atoms with E-state index in [9.17, 15) is 4.79 Å². The lowest BCUT2D eigenvalue weighted by molar-refractivity contribution is -0.125. The fourth-order valence-corrected chi connectivity index (χ4v) is 1.87. The van der Waals surface area contributed by atoms with Gasteiger partial charge in [-0.15, -0.1) is 11.8 Å². The third-order valence-corrected chi connectivity index (χ3v) is 3.04. The zero-order valence-corrected chi connectivity index (χ0v) is 11.3. The largest absolute Gasteiger partial charge is 0.324 e.